The Kier molecular flexibility index (Phi) is 6.79. The van der Waals surface area contributed by atoms with E-state index in [4.69, 9.17) is 23.8 Å². The van der Waals surface area contributed by atoms with Gasteiger partial charge in [-0.05, 0) is 64.0 Å². The zero-order valence-corrected chi connectivity index (χ0v) is 28.9. The van der Waals surface area contributed by atoms with Crippen LogP contribution in [0.5, 0.6) is 0 Å². The minimum Gasteiger partial charge on any atom is -0.455 e. The standard InChI is InChI=1S/C49H29N3O2/c1-3-14-30(15-4-1)33-18-7-10-22-38(33)48-50-47(51-49(52-48)39-24-13-23-37-35-20-11-12-25-43(35)53-45(37)39)32-26-27-44-41(28-32)42-29-40(31-16-5-2-6-17-31)34-19-8-9-21-36(34)46(42)54-44/h1-29H. The number of hydrogen-bond donors (Lipinski definition) is 0. The molecule has 3 heterocycles. The Morgan fingerprint density at radius 1 is 0.278 bits per heavy atom. The van der Waals surface area contributed by atoms with Gasteiger partial charge in [0.05, 0.1) is 5.56 Å². The molecule has 3 aromatic heterocycles. The van der Waals surface area contributed by atoms with Crippen molar-refractivity contribution in [2.75, 3.05) is 0 Å². The predicted molar refractivity (Wildman–Crippen MR) is 219 cm³/mol. The average Bonchev–Trinajstić information content (AvgIpc) is 3.82. The highest BCUT2D eigenvalue weighted by Crippen LogP contribution is 2.42. The number of aromatic nitrogens is 3. The quantitative estimate of drug-likeness (QED) is 0.180. The highest BCUT2D eigenvalue weighted by Gasteiger charge is 2.21. The van der Waals surface area contributed by atoms with Crippen LogP contribution < -0.4 is 0 Å². The Morgan fingerprint density at radius 3 is 1.61 bits per heavy atom. The summed E-state index contributed by atoms with van der Waals surface area (Å²) in [5.74, 6) is 1.68. The highest BCUT2D eigenvalue weighted by molar-refractivity contribution is 6.19. The van der Waals surface area contributed by atoms with Gasteiger partial charge in [0.2, 0.25) is 0 Å². The zero-order valence-electron chi connectivity index (χ0n) is 28.9. The second kappa shape index (κ2) is 12.1. The van der Waals surface area contributed by atoms with Crippen LogP contribution in [0.3, 0.4) is 0 Å². The Bertz CT molecular complexity index is 3220. The average molecular weight is 692 g/mol. The molecule has 54 heavy (non-hydrogen) atoms. The van der Waals surface area contributed by atoms with E-state index in [0.717, 1.165) is 93.6 Å². The topological polar surface area (TPSA) is 65.0 Å². The molecule has 0 radical (unpaired) electrons. The van der Waals surface area contributed by atoms with Crippen molar-refractivity contribution >= 4 is 54.6 Å². The van der Waals surface area contributed by atoms with Crippen LogP contribution in [0.15, 0.2) is 185 Å². The fourth-order valence-electron chi connectivity index (χ4n) is 7.81. The van der Waals surface area contributed by atoms with E-state index in [1.807, 2.05) is 60.7 Å². The zero-order chi connectivity index (χ0) is 35.6. The van der Waals surface area contributed by atoms with E-state index < -0.39 is 0 Å². The van der Waals surface area contributed by atoms with Gasteiger partial charge >= 0.3 is 0 Å². The number of benzene rings is 8. The minimum absolute atomic E-state index is 0.539. The summed E-state index contributed by atoms with van der Waals surface area (Å²) >= 11 is 0. The summed E-state index contributed by atoms with van der Waals surface area (Å²) in [5, 5.41) is 6.34. The van der Waals surface area contributed by atoms with E-state index in [2.05, 4.69) is 115 Å². The molecule has 0 unspecified atom stereocenters. The lowest BCUT2D eigenvalue weighted by molar-refractivity contribution is 0.669. The van der Waals surface area contributed by atoms with Gasteiger partial charge in [0.25, 0.3) is 0 Å². The Balaban J connectivity index is 1.17. The molecule has 8 aromatic carbocycles. The normalized spacial score (nSPS) is 11.7. The molecule has 0 atom stereocenters. The van der Waals surface area contributed by atoms with Gasteiger partial charge in [-0.3, -0.25) is 0 Å². The molecule has 0 amide bonds. The van der Waals surface area contributed by atoms with Crippen molar-refractivity contribution in [2.45, 2.75) is 0 Å². The molecule has 0 N–H and O–H groups in total. The summed E-state index contributed by atoms with van der Waals surface area (Å²) in [4.78, 5) is 15.6. The molecule has 252 valence electrons. The van der Waals surface area contributed by atoms with Crippen LogP contribution >= 0.6 is 0 Å². The Labute approximate surface area is 309 Å². The van der Waals surface area contributed by atoms with Crippen LogP contribution in [0, 0.1) is 0 Å². The molecule has 5 heteroatoms. The lowest BCUT2D eigenvalue weighted by atomic mass is 9.95. The molecule has 0 fully saturated rings. The summed E-state index contributed by atoms with van der Waals surface area (Å²) in [6.45, 7) is 0. The summed E-state index contributed by atoms with van der Waals surface area (Å²) in [6, 6.07) is 60.4. The Hall–Kier alpha value is -7.37. The van der Waals surface area contributed by atoms with Gasteiger partial charge in [0, 0.05) is 38.1 Å². The molecule has 0 aliphatic carbocycles. The van der Waals surface area contributed by atoms with Gasteiger partial charge in [-0.25, -0.2) is 15.0 Å². The lowest BCUT2D eigenvalue weighted by Crippen LogP contribution is -2.01. The van der Waals surface area contributed by atoms with E-state index in [9.17, 15) is 0 Å². The predicted octanol–water partition coefficient (Wildman–Crippen LogP) is 13.2. The van der Waals surface area contributed by atoms with E-state index in [1.165, 1.54) is 0 Å². The van der Waals surface area contributed by atoms with Gasteiger partial charge in [-0.2, -0.15) is 0 Å². The van der Waals surface area contributed by atoms with Crippen molar-refractivity contribution in [3.8, 4) is 56.4 Å². The SMILES string of the molecule is c1ccc(-c2ccccc2-c2nc(-c3ccc4oc5c6ccccc6c(-c6ccccc6)cc5c4c3)nc(-c3cccc4c3oc3ccccc34)n2)cc1. The summed E-state index contributed by atoms with van der Waals surface area (Å²) in [5.41, 5.74) is 10.3. The van der Waals surface area contributed by atoms with E-state index >= 15 is 0 Å². The van der Waals surface area contributed by atoms with Crippen molar-refractivity contribution < 1.29 is 8.83 Å². The van der Waals surface area contributed by atoms with Crippen LogP contribution in [-0.4, -0.2) is 15.0 Å². The van der Waals surface area contributed by atoms with E-state index in [-0.39, 0.29) is 0 Å². The third kappa shape index (κ3) is 4.83. The fourth-order valence-corrected chi connectivity index (χ4v) is 7.81. The maximum absolute atomic E-state index is 6.61. The number of furan rings is 2. The first-order chi connectivity index (χ1) is 26.8. The van der Waals surface area contributed by atoms with E-state index in [1.54, 1.807) is 0 Å². The third-order valence-corrected chi connectivity index (χ3v) is 10.4. The minimum atomic E-state index is 0.539. The number of fused-ring (bicyclic) bond motifs is 8. The molecule has 11 rings (SSSR count). The first kappa shape index (κ1) is 30.3. The van der Waals surface area contributed by atoms with Crippen molar-refractivity contribution in [1.29, 1.82) is 0 Å². The molecular formula is C49H29N3O2. The third-order valence-electron chi connectivity index (χ3n) is 10.4. The van der Waals surface area contributed by atoms with Crippen LogP contribution in [0.2, 0.25) is 0 Å². The number of para-hydroxylation sites is 2. The molecule has 5 nitrogen and oxygen atoms in total. The number of hydrogen-bond acceptors (Lipinski definition) is 5. The second-order valence-electron chi connectivity index (χ2n) is 13.5. The van der Waals surface area contributed by atoms with Crippen LogP contribution in [0.1, 0.15) is 0 Å². The van der Waals surface area contributed by atoms with E-state index in [0.29, 0.717) is 17.5 Å². The van der Waals surface area contributed by atoms with Gasteiger partial charge in [-0.1, -0.05) is 140 Å². The molecule has 11 aromatic rings. The maximum atomic E-state index is 6.61. The molecule has 0 spiro atoms. The largest absolute Gasteiger partial charge is 0.455 e. The number of nitrogens with zero attached hydrogens (tertiary/aromatic N) is 3. The molecule has 0 saturated carbocycles. The summed E-state index contributed by atoms with van der Waals surface area (Å²) in [7, 11) is 0. The van der Waals surface area contributed by atoms with Gasteiger partial charge < -0.3 is 8.83 Å². The van der Waals surface area contributed by atoms with Crippen LogP contribution in [0.4, 0.5) is 0 Å². The van der Waals surface area contributed by atoms with Gasteiger partial charge in [-0.15, -0.1) is 0 Å². The first-order valence-corrected chi connectivity index (χ1v) is 18.0. The number of rotatable bonds is 5. The summed E-state index contributed by atoms with van der Waals surface area (Å²) in [6.07, 6.45) is 0. The molecular weight excluding hydrogens is 663 g/mol. The second-order valence-corrected chi connectivity index (χ2v) is 13.5. The van der Waals surface area contributed by atoms with Crippen LogP contribution in [-0.2, 0) is 0 Å². The van der Waals surface area contributed by atoms with Crippen molar-refractivity contribution in [1.82, 2.24) is 15.0 Å². The first-order valence-electron chi connectivity index (χ1n) is 18.0. The van der Waals surface area contributed by atoms with Crippen molar-refractivity contribution in [2.24, 2.45) is 0 Å². The molecule has 0 aliphatic rings. The molecule has 0 saturated heterocycles. The van der Waals surface area contributed by atoms with Gasteiger partial charge in [0.15, 0.2) is 17.5 Å². The van der Waals surface area contributed by atoms with Crippen LogP contribution in [0.25, 0.3) is 111 Å². The maximum Gasteiger partial charge on any atom is 0.167 e. The summed E-state index contributed by atoms with van der Waals surface area (Å²) < 4.78 is 13.1. The van der Waals surface area contributed by atoms with Gasteiger partial charge in [0.1, 0.15) is 22.3 Å². The molecule has 0 bridgehead atoms. The fraction of sp³-hybridized carbons (Fsp3) is 0. The van der Waals surface area contributed by atoms with Crippen molar-refractivity contribution in [3.63, 3.8) is 0 Å². The monoisotopic (exact) mass is 691 g/mol. The molecule has 0 aliphatic heterocycles. The lowest BCUT2D eigenvalue weighted by Gasteiger charge is -2.12. The Morgan fingerprint density at radius 2 is 0.815 bits per heavy atom. The smallest absolute Gasteiger partial charge is 0.167 e. The highest BCUT2D eigenvalue weighted by atomic mass is 16.3. The van der Waals surface area contributed by atoms with Crippen molar-refractivity contribution in [3.05, 3.63) is 176 Å².